The molecule has 1 aromatic carbocycles. The van der Waals surface area contributed by atoms with Crippen LogP contribution >= 0.6 is 23.2 Å². The summed E-state index contributed by atoms with van der Waals surface area (Å²) in [7, 11) is 4.08. The van der Waals surface area contributed by atoms with E-state index in [1.807, 2.05) is 31.1 Å². The fourth-order valence-electron chi connectivity index (χ4n) is 2.21. The summed E-state index contributed by atoms with van der Waals surface area (Å²) in [6, 6.07) is 5.55. The molecule has 0 unspecified atom stereocenters. The number of carbonyl (C=O) groups is 1. The normalized spacial score (nSPS) is 11.3. The van der Waals surface area contributed by atoms with Crippen LogP contribution in [0.1, 0.15) is 32.3 Å². The number of amides is 1. The maximum absolute atomic E-state index is 12.4. The third kappa shape index (κ3) is 6.99. The van der Waals surface area contributed by atoms with E-state index in [9.17, 15) is 4.79 Å². The Bertz CT molecular complexity index is 490. The van der Waals surface area contributed by atoms with Crippen LogP contribution in [-0.2, 0) is 11.3 Å². The summed E-state index contributed by atoms with van der Waals surface area (Å²) in [6.45, 7) is 6.43. The molecule has 0 aliphatic heterocycles. The molecule has 0 spiro atoms. The Balaban J connectivity index is 2.74. The van der Waals surface area contributed by atoms with Crippen molar-refractivity contribution < 1.29 is 4.79 Å². The number of carbonyl (C=O) groups excluding carboxylic acids is 1. The van der Waals surface area contributed by atoms with Crippen LogP contribution < -0.4 is 0 Å². The second-order valence-electron chi connectivity index (χ2n) is 6.32. The van der Waals surface area contributed by atoms with Crippen molar-refractivity contribution in [1.29, 1.82) is 0 Å². The quantitative estimate of drug-likeness (QED) is 0.701. The SMILES string of the molecule is CC(C)CC(=O)N(CCCN(C)C)Cc1ccc(Cl)c(Cl)c1. The zero-order chi connectivity index (χ0) is 16.7. The van der Waals surface area contributed by atoms with Gasteiger partial charge in [0.1, 0.15) is 0 Å². The average Bonchev–Trinajstić information content (AvgIpc) is 2.40. The highest BCUT2D eigenvalue weighted by molar-refractivity contribution is 6.42. The van der Waals surface area contributed by atoms with Crippen molar-refractivity contribution in [2.24, 2.45) is 5.92 Å². The Kier molecular flexibility index (Phi) is 8.23. The highest BCUT2D eigenvalue weighted by atomic mass is 35.5. The van der Waals surface area contributed by atoms with E-state index in [0.29, 0.717) is 28.9 Å². The van der Waals surface area contributed by atoms with E-state index in [2.05, 4.69) is 18.7 Å². The first-order valence-electron chi connectivity index (χ1n) is 7.66. The molecular weight excluding hydrogens is 319 g/mol. The standard InChI is InChI=1S/C17H26Cl2N2O/c1-13(2)10-17(22)21(9-5-8-20(3)4)12-14-6-7-15(18)16(19)11-14/h6-7,11,13H,5,8-10,12H2,1-4H3. The van der Waals surface area contributed by atoms with E-state index in [1.165, 1.54) is 0 Å². The van der Waals surface area contributed by atoms with Gasteiger partial charge in [0.25, 0.3) is 0 Å². The van der Waals surface area contributed by atoms with Gasteiger partial charge in [0, 0.05) is 19.5 Å². The van der Waals surface area contributed by atoms with Gasteiger partial charge in [-0.3, -0.25) is 4.79 Å². The van der Waals surface area contributed by atoms with E-state index in [1.54, 1.807) is 6.07 Å². The molecule has 124 valence electrons. The number of nitrogens with zero attached hydrogens (tertiary/aromatic N) is 2. The molecule has 3 nitrogen and oxygen atoms in total. The molecule has 1 aromatic rings. The van der Waals surface area contributed by atoms with Crippen LogP contribution in [0.3, 0.4) is 0 Å². The van der Waals surface area contributed by atoms with Crippen molar-refractivity contribution in [2.45, 2.75) is 33.2 Å². The number of hydrogen-bond acceptors (Lipinski definition) is 2. The number of benzene rings is 1. The lowest BCUT2D eigenvalue weighted by Crippen LogP contribution is -2.33. The first-order chi connectivity index (χ1) is 10.3. The van der Waals surface area contributed by atoms with Crippen molar-refractivity contribution in [1.82, 2.24) is 9.80 Å². The van der Waals surface area contributed by atoms with Crippen molar-refractivity contribution in [3.63, 3.8) is 0 Å². The molecule has 5 heteroatoms. The average molecular weight is 345 g/mol. The van der Waals surface area contributed by atoms with E-state index in [4.69, 9.17) is 23.2 Å². The zero-order valence-electron chi connectivity index (χ0n) is 13.9. The summed E-state index contributed by atoms with van der Waals surface area (Å²) in [4.78, 5) is 16.5. The summed E-state index contributed by atoms with van der Waals surface area (Å²) in [5, 5.41) is 1.07. The highest BCUT2D eigenvalue weighted by Crippen LogP contribution is 2.23. The van der Waals surface area contributed by atoms with Gasteiger partial charge < -0.3 is 9.80 Å². The van der Waals surface area contributed by atoms with Crippen molar-refractivity contribution >= 4 is 29.1 Å². The van der Waals surface area contributed by atoms with Crippen LogP contribution in [0.25, 0.3) is 0 Å². The lowest BCUT2D eigenvalue weighted by molar-refractivity contribution is -0.132. The first-order valence-corrected chi connectivity index (χ1v) is 8.41. The predicted octanol–water partition coefficient (Wildman–Crippen LogP) is 4.32. The molecule has 0 aromatic heterocycles. The molecule has 1 amide bonds. The second kappa shape index (κ2) is 9.39. The molecule has 1 rings (SSSR count). The molecule has 0 aliphatic rings. The Morgan fingerprint density at radius 3 is 2.36 bits per heavy atom. The monoisotopic (exact) mass is 344 g/mol. The van der Waals surface area contributed by atoms with Gasteiger partial charge in [-0.05, 0) is 50.7 Å². The van der Waals surface area contributed by atoms with Gasteiger partial charge in [0.2, 0.25) is 5.91 Å². The molecule has 0 N–H and O–H groups in total. The molecule has 0 atom stereocenters. The minimum atomic E-state index is 0.194. The minimum absolute atomic E-state index is 0.194. The van der Waals surface area contributed by atoms with Gasteiger partial charge in [0.15, 0.2) is 0 Å². The minimum Gasteiger partial charge on any atom is -0.338 e. The fourth-order valence-corrected chi connectivity index (χ4v) is 2.53. The van der Waals surface area contributed by atoms with Crippen molar-refractivity contribution in [2.75, 3.05) is 27.2 Å². The van der Waals surface area contributed by atoms with E-state index >= 15 is 0 Å². The predicted molar refractivity (Wildman–Crippen MR) is 94.5 cm³/mol. The molecule has 0 fully saturated rings. The van der Waals surface area contributed by atoms with Crippen LogP contribution in [0.15, 0.2) is 18.2 Å². The van der Waals surface area contributed by atoms with Gasteiger partial charge in [-0.15, -0.1) is 0 Å². The molecular formula is C17H26Cl2N2O. The van der Waals surface area contributed by atoms with Gasteiger partial charge in [0.05, 0.1) is 10.0 Å². The van der Waals surface area contributed by atoms with Gasteiger partial charge in [-0.25, -0.2) is 0 Å². The molecule has 0 bridgehead atoms. The maximum Gasteiger partial charge on any atom is 0.223 e. The molecule has 22 heavy (non-hydrogen) atoms. The Hall–Kier alpha value is -0.770. The largest absolute Gasteiger partial charge is 0.338 e. The summed E-state index contributed by atoms with van der Waals surface area (Å²) >= 11 is 12.0. The van der Waals surface area contributed by atoms with Crippen LogP contribution in [0.5, 0.6) is 0 Å². The lowest BCUT2D eigenvalue weighted by Gasteiger charge is -2.25. The fraction of sp³-hybridized carbons (Fsp3) is 0.588. The van der Waals surface area contributed by atoms with Crippen LogP contribution in [0, 0.1) is 5.92 Å². The third-order valence-corrected chi connectivity index (χ3v) is 4.07. The highest BCUT2D eigenvalue weighted by Gasteiger charge is 2.15. The Labute approximate surface area is 144 Å². The van der Waals surface area contributed by atoms with E-state index in [-0.39, 0.29) is 5.91 Å². The van der Waals surface area contributed by atoms with Gasteiger partial charge >= 0.3 is 0 Å². The summed E-state index contributed by atoms with van der Waals surface area (Å²) in [5.74, 6) is 0.553. The second-order valence-corrected chi connectivity index (χ2v) is 7.13. The summed E-state index contributed by atoms with van der Waals surface area (Å²) < 4.78 is 0. The van der Waals surface area contributed by atoms with Gasteiger partial charge in [-0.1, -0.05) is 43.1 Å². The zero-order valence-corrected chi connectivity index (χ0v) is 15.4. The van der Waals surface area contributed by atoms with Crippen LogP contribution in [0.2, 0.25) is 10.0 Å². The van der Waals surface area contributed by atoms with Crippen LogP contribution in [-0.4, -0.2) is 42.9 Å². The van der Waals surface area contributed by atoms with E-state index < -0.39 is 0 Å². The summed E-state index contributed by atoms with van der Waals surface area (Å²) in [5.41, 5.74) is 1.01. The molecule has 0 heterocycles. The summed E-state index contributed by atoms with van der Waals surface area (Å²) in [6.07, 6.45) is 1.53. The maximum atomic E-state index is 12.4. The van der Waals surface area contributed by atoms with Crippen LogP contribution in [0.4, 0.5) is 0 Å². The lowest BCUT2D eigenvalue weighted by atomic mass is 10.1. The molecule has 0 aliphatic carbocycles. The third-order valence-electron chi connectivity index (χ3n) is 3.33. The first kappa shape index (κ1) is 19.3. The molecule has 0 radical (unpaired) electrons. The number of halogens is 2. The smallest absolute Gasteiger partial charge is 0.223 e. The molecule has 0 saturated carbocycles. The van der Waals surface area contributed by atoms with Crippen molar-refractivity contribution in [3.8, 4) is 0 Å². The van der Waals surface area contributed by atoms with Crippen molar-refractivity contribution in [3.05, 3.63) is 33.8 Å². The molecule has 0 saturated heterocycles. The van der Waals surface area contributed by atoms with Gasteiger partial charge in [-0.2, -0.15) is 0 Å². The number of hydrogen-bond donors (Lipinski definition) is 0. The topological polar surface area (TPSA) is 23.6 Å². The Morgan fingerprint density at radius 2 is 1.82 bits per heavy atom. The van der Waals surface area contributed by atoms with E-state index in [0.717, 1.165) is 25.1 Å². The number of rotatable bonds is 8. The Morgan fingerprint density at radius 1 is 1.14 bits per heavy atom.